The number of amides is 1. The minimum Gasteiger partial charge on any atom is -0.456 e. The molecule has 0 aliphatic heterocycles. The maximum atomic E-state index is 12.9. The van der Waals surface area contributed by atoms with Gasteiger partial charge in [-0.1, -0.05) is 94.8 Å². The molecule has 0 atom stereocenters. The Morgan fingerprint density at radius 2 is 1.57 bits per heavy atom. The quantitative estimate of drug-likeness (QED) is 0.0905. The molecule has 4 aromatic rings. The van der Waals surface area contributed by atoms with Crippen LogP contribution in [0.25, 0.3) is 22.2 Å². The highest BCUT2D eigenvalue weighted by molar-refractivity contribution is 5.97. The first kappa shape index (κ1) is 34.7. The first-order chi connectivity index (χ1) is 22.2. The molecule has 0 unspecified atom stereocenters. The second-order valence-corrected chi connectivity index (χ2v) is 13.1. The smallest absolute Gasteiger partial charge is 0.339 e. The molecule has 1 amide bonds. The lowest BCUT2D eigenvalue weighted by molar-refractivity contribution is -0.119. The van der Waals surface area contributed by atoms with Gasteiger partial charge < -0.3 is 19.9 Å². The molecule has 3 aromatic carbocycles. The van der Waals surface area contributed by atoms with Crippen LogP contribution in [0.3, 0.4) is 0 Å². The fourth-order valence-corrected chi connectivity index (χ4v) is 5.58. The van der Waals surface area contributed by atoms with Crippen molar-refractivity contribution in [2.45, 2.75) is 105 Å². The summed E-state index contributed by atoms with van der Waals surface area (Å²) in [6.45, 7) is 11.7. The van der Waals surface area contributed by atoms with Crippen LogP contribution in [0, 0.1) is 0 Å². The van der Waals surface area contributed by atoms with Crippen molar-refractivity contribution in [3.63, 3.8) is 0 Å². The van der Waals surface area contributed by atoms with Crippen LogP contribution in [-0.2, 0) is 22.5 Å². The highest BCUT2D eigenvalue weighted by Crippen LogP contribution is 2.28. The number of ether oxygens (including phenoxy) is 1. The van der Waals surface area contributed by atoms with Gasteiger partial charge >= 0.3 is 5.97 Å². The molecule has 0 aliphatic rings. The van der Waals surface area contributed by atoms with E-state index in [0.717, 1.165) is 77.9 Å². The van der Waals surface area contributed by atoms with Crippen LogP contribution in [-0.4, -0.2) is 40.1 Å². The van der Waals surface area contributed by atoms with Crippen molar-refractivity contribution in [3.05, 3.63) is 83.7 Å². The number of anilines is 1. The Balaban J connectivity index is 1.46. The van der Waals surface area contributed by atoms with Crippen molar-refractivity contribution in [1.29, 1.82) is 0 Å². The van der Waals surface area contributed by atoms with Crippen LogP contribution in [0.5, 0.6) is 0 Å². The summed E-state index contributed by atoms with van der Waals surface area (Å²) in [7, 11) is 0. The van der Waals surface area contributed by atoms with Gasteiger partial charge in [-0.2, -0.15) is 0 Å². The lowest BCUT2D eigenvalue weighted by Gasteiger charge is -2.20. The average molecular weight is 625 g/mol. The van der Waals surface area contributed by atoms with Gasteiger partial charge in [-0.15, -0.1) is 0 Å². The van der Waals surface area contributed by atoms with Gasteiger partial charge in [0.2, 0.25) is 5.91 Å². The third kappa shape index (κ3) is 10.2. The fourth-order valence-electron chi connectivity index (χ4n) is 5.58. The van der Waals surface area contributed by atoms with Gasteiger partial charge in [-0.3, -0.25) is 4.79 Å². The molecule has 0 spiro atoms. The fraction of sp³-hybridized carbons (Fsp3) is 0.462. The monoisotopic (exact) mass is 624 g/mol. The van der Waals surface area contributed by atoms with Crippen molar-refractivity contribution in [2.24, 2.45) is 0 Å². The topological polar surface area (TPSA) is 85.3 Å². The molecule has 0 saturated heterocycles. The number of carbonyl (C=O) groups is 2. The van der Waals surface area contributed by atoms with E-state index in [4.69, 9.17) is 9.72 Å². The Morgan fingerprint density at radius 1 is 0.848 bits per heavy atom. The highest BCUT2D eigenvalue weighted by Gasteiger charge is 2.21. The van der Waals surface area contributed by atoms with E-state index in [1.54, 1.807) is 0 Å². The normalized spacial score (nSPS) is 11.5. The van der Waals surface area contributed by atoms with Crippen LogP contribution in [0.1, 0.15) is 108 Å². The number of hydrogen-bond acceptors (Lipinski definition) is 5. The number of carbonyl (C=O) groups excluding carboxylic acids is 2. The van der Waals surface area contributed by atoms with Gasteiger partial charge in [0.15, 0.2) is 0 Å². The third-order valence-corrected chi connectivity index (χ3v) is 8.04. The maximum Gasteiger partial charge on any atom is 0.339 e. The number of aryl methyl sites for hydroxylation is 1. The Kier molecular flexibility index (Phi) is 12.8. The van der Waals surface area contributed by atoms with Gasteiger partial charge in [0, 0.05) is 25.2 Å². The molecule has 46 heavy (non-hydrogen) atoms. The third-order valence-electron chi connectivity index (χ3n) is 8.04. The summed E-state index contributed by atoms with van der Waals surface area (Å²) in [5.74, 6) is 0.751. The van der Waals surface area contributed by atoms with Crippen LogP contribution >= 0.6 is 0 Å². The van der Waals surface area contributed by atoms with Crippen LogP contribution in [0.2, 0.25) is 0 Å². The summed E-state index contributed by atoms with van der Waals surface area (Å²) < 4.78 is 7.96. The molecule has 0 radical (unpaired) electrons. The van der Waals surface area contributed by atoms with E-state index < -0.39 is 5.60 Å². The van der Waals surface area contributed by atoms with Crippen molar-refractivity contribution in [3.8, 4) is 11.1 Å². The standard InChI is InChI=1S/C39H52N4O3/c1-6-8-10-11-12-15-25-40-37(44)27-41-31-23-24-34-35(26-31)43(36(42-34)18-9-7-2)28-29-19-21-30(22-20-29)32-16-13-14-17-33(32)38(45)46-39(3,4)5/h13-14,16-17,19-24,26,41H,6-12,15,18,25,27-28H2,1-5H3,(H,40,44). The molecule has 2 N–H and O–H groups in total. The molecule has 7 nitrogen and oxygen atoms in total. The lowest BCUT2D eigenvalue weighted by Crippen LogP contribution is -2.30. The van der Waals surface area contributed by atoms with Gasteiger partial charge in [0.25, 0.3) is 0 Å². The second kappa shape index (κ2) is 17.0. The first-order valence-corrected chi connectivity index (χ1v) is 17.1. The lowest BCUT2D eigenvalue weighted by atomic mass is 9.98. The SMILES string of the molecule is CCCCCCCCNC(=O)CNc1ccc2nc(CCCC)n(Cc3ccc(-c4ccccc4C(=O)OC(C)(C)C)cc3)c2c1. The van der Waals surface area contributed by atoms with E-state index in [0.29, 0.717) is 12.1 Å². The molecule has 4 rings (SSSR count). The zero-order chi connectivity index (χ0) is 32.9. The summed E-state index contributed by atoms with van der Waals surface area (Å²) in [6.07, 6.45) is 10.3. The minimum atomic E-state index is -0.563. The van der Waals surface area contributed by atoms with Crippen LogP contribution in [0.15, 0.2) is 66.7 Å². The Morgan fingerprint density at radius 3 is 2.30 bits per heavy atom. The Bertz CT molecular complexity index is 1570. The zero-order valence-corrected chi connectivity index (χ0v) is 28.5. The van der Waals surface area contributed by atoms with Gasteiger partial charge in [0.05, 0.1) is 23.1 Å². The summed E-state index contributed by atoms with van der Waals surface area (Å²) in [5, 5.41) is 6.36. The molecular formula is C39H52N4O3. The number of imidazole rings is 1. The minimum absolute atomic E-state index is 0.0131. The van der Waals surface area contributed by atoms with Crippen molar-refractivity contribution < 1.29 is 14.3 Å². The maximum absolute atomic E-state index is 12.9. The number of nitrogens with zero attached hydrogens (tertiary/aromatic N) is 2. The number of nitrogens with one attached hydrogen (secondary N) is 2. The number of fused-ring (bicyclic) bond motifs is 1. The van der Waals surface area contributed by atoms with Crippen molar-refractivity contribution in [1.82, 2.24) is 14.9 Å². The molecule has 0 fully saturated rings. The first-order valence-electron chi connectivity index (χ1n) is 17.1. The Labute approximate surface area is 275 Å². The average Bonchev–Trinajstić information content (AvgIpc) is 3.38. The van der Waals surface area contributed by atoms with Crippen molar-refractivity contribution >= 4 is 28.6 Å². The Hall–Kier alpha value is -4.13. The summed E-state index contributed by atoms with van der Waals surface area (Å²) in [5.41, 5.74) is 5.85. The van der Waals surface area contributed by atoms with Crippen LogP contribution in [0.4, 0.5) is 5.69 Å². The van der Waals surface area contributed by atoms with Gasteiger partial charge in [-0.25, -0.2) is 9.78 Å². The predicted molar refractivity (Wildman–Crippen MR) is 189 cm³/mol. The van der Waals surface area contributed by atoms with Crippen LogP contribution < -0.4 is 10.6 Å². The van der Waals surface area contributed by atoms with Gasteiger partial charge in [-0.05, 0) is 74.6 Å². The van der Waals surface area contributed by atoms with E-state index in [1.807, 2.05) is 57.2 Å². The summed E-state index contributed by atoms with van der Waals surface area (Å²) in [6, 6.07) is 22.1. The highest BCUT2D eigenvalue weighted by atomic mass is 16.6. The number of hydrogen-bond donors (Lipinski definition) is 2. The van der Waals surface area contributed by atoms with E-state index in [2.05, 4.69) is 59.4 Å². The van der Waals surface area contributed by atoms with E-state index in [9.17, 15) is 9.59 Å². The predicted octanol–water partition coefficient (Wildman–Crippen LogP) is 8.94. The molecule has 1 aromatic heterocycles. The summed E-state index contributed by atoms with van der Waals surface area (Å²) in [4.78, 5) is 30.4. The number of esters is 1. The van der Waals surface area contributed by atoms with E-state index in [1.165, 1.54) is 25.7 Å². The zero-order valence-electron chi connectivity index (χ0n) is 28.5. The van der Waals surface area contributed by atoms with Gasteiger partial charge in [0.1, 0.15) is 11.4 Å². The molecule has 246 valence electrons. The number of benzene rings is 3. The number of unbranched alkanes of at least 4 members (excludes halogenated alkanes) is 6. The molecule has 1 heterocycles. The second-order valence-electron chi connectivity index (χ2n) is 13.1. The number of aromatic nitrogens is 2. The van der Waals surface area contributed by atoms with E-state index in [-0.39, 0.29) is 18.4 Å². The van der Waals surface area contributed by atoms with E-state index >= 15 is 0 Å². The van der Waals surface area contributed by atoms with Crippen molar-refractivity contribution in [2.75, 3.05) is 18.4 Å². The molecule has 0 bridgehead atoms. The molecule has 0 aliphatic carbocycles. The molecular weight excluding hydrogens is 572 g/mol. The molecule has 0 saturated carbocycles. The largest absolute Gasteiger partial charge is 0.456 e. The summed E-state index contributed by atoms with van der Waals surface area (Å²) >= 11 is 0. The number of rotatable bonds is 17. The molecule has 7 heteroatoms.